The van der Waals surface area contributed by atoms with E-state index in [-0.39, 0.29) is 0 Å². The van der Waals surface area contributed by atoms with Gasteiger partial charge in [-0.15, -0.1) is 11.3 Å². The van der Waals surface area contributed by atoms with E-state index in [1.165, 1.54) is 37.7 Å². The molecule has 0 radical (unpaired) electrons. The molecular weight excluding hydrogens is 595 g/mol. The van der Waals surface area contributed by atoms with Crippen molar-refractivity contribution < 1.29 is 0 Å². The molecule has 4 aromatic carbocycles. The Morgan fingerprint density at radius 1 is 0.568 bits per heavy atom. The molecule has 9 aromatic rings. The van der Waals surface area contributed by atoms with E-state index in [1.807, 2.05) is 6.20 Å². The van der Waals surface area contributed by atoms with Crippen LogP contribution >= 0.6 is 34.0 Å². The number of hydrogen-bond donors (Lipinski definition) is 0. The Morgan fingerprint density at radius 2 is 1.34 bits per heavy atom. The summed E-state index contributed by atoms with van der Waals surface area (Å²) in [6, 6.07) is 39.3. The van der Waals surface area contributed by atoms with Crippen LogP contribution < -0.4 is 0 Å². The number of thiophene rings is 2. The van der Waals surface area contributed by atoms with Crippen molar-refractivity contribution in [3.8, 4) is 49.8 Å². The van der Waals surface area contributed by atoms with Crippen molar-refractivity contribution in [2.75, 3.05) is 0 Å². The molecule has 9 rings (SSSR count). The lowest BCUT2D eigenvalue weighted by Gasteiger charge is -2.15. The quantitative estimate of drug-likeness (QED) is 0.192. The van der Waals surface area contributed by atoms with Gasteiger partial charge in [0.05, 0.1) is 32.6 Å². The van der Waals surface area contributed by atoms with Gasteiger partial charge < -0.3 is 4.57 Å². The van der Waals surface area contributed by atoms with Crippen molar-refractivity contribution in [3.63, 3.8) is 0 Å². The number of benzene rings is 4. The van der Waals surface area contributed by atoms with Crippen molar-refractivity contribution in [2.24, 2.45) is 0 Å². The fourth-order valence-corrected chi connectivity index (χ4v) is 8.34. The first kappa shape index (κ1) is 25.6. The molecule has 0 amide bonds. The summed E-state index contributed by atoms with van der Waals surface area (Å²) in [7, 11) is 0. The second kappa shape index (κ2) is 10.4. The molecule has 0 saturated heterocycles. The number of para-hydroxylation sites is 2. The van der Waals surface area contributed by atoms with Crippen LogP contribution in [0.15, 0.2) is 137 Å². The Bertz CT molecular complexity index is 2400. The van der Waals surface area contributed by atoms with E-state index < -0.39 is 0 Å². The Hall–Kier alpha value is -4.88. The number of pyridine rings is 1. The van der Waals surface area contributed by atoms with Crippen LogP contribution in [-0.4, -0.2) is 14.5 Å². The second-order valence-electron chi connectivity index (χ2n) is 10.8. The summed E-state index contributed by atoms with van der Waals surface area (Å²) in [5.41, 5.74) is 12.4. The van der Waals surface area contributed by atoms with Gasteiger partial charge in [0.15, 0.2) is 0 Å². The topological polar surface area (TPSA) is 30.7 Å². The summed E-state index contributed by atoms with van der Waals surface area (Å²) < 4.78 is 3.63. The Kier molecular flexibility index (Phi) is 6.04. The van der Waals surface area contributed by atoms with E-state index in [1.54, 1.807) is 34.0 Å². The maximum atomic E-state index is 4.99. The third-order valence-corrected chi connectivity index (χ3v) is 10.7. The van der Waals surface area contributed by atoms with Crippen LogP contribution in [0.2, 0.25) is 0 Å². The molecule has 44 heavy (non-hydrogen) atoms. The van der Waals surface area contributed by atoms with Gasteiger partial charge in [-0.2, -0.15) is 22.7 Å². The summed E-state index contributed by atoms with van der Waals surface area (Å²) in [5.74, 6) is 0. The summed E-state index contributed by atoms with van der Waals surface area (Å²) in [6.45, 7) is 0. The highest BCUT2D eigenvalue weighted by molar-refractivity contribution is 7.21. The van der Waals surface area contributed by atoms with Crippen LogP contribution in [0.4, 0.5) is 0 Å². The maximum Gasteiger partial charge on any atom is 0.124 e. The molecule has 0 unspecified atom stereocenters. The molecular formula is C38H23N3S3. The molecule has 0 aliphatic heterocycles. The van der Waals surface area contributed by atoms with E-state index in [9.17, 15) is 0 Å². The van der Waals surface area contributed by atoms with Crippen LogP contribution in [0.5, 0.6) is 0 Å². The monoisotopic (exact) mass is 617 g/mol. The van der Waals surface area contributed by atoms with Crippen LogP contribution in [0.1, 0.15) is 0 Å². The zero-order valence-corrected chi connectivity index (χ0v) is 25.8. The predicted molar refractivity (Wildman–Crippen MR) is 189 cm³/mol. The number of thiazole rings is 1. The lowest BCUT2D eigenvalue weighted by atomic mass is 10.0. The Morgan fingerprint density at radius 3 is 2.16 bits per heavy atom. The van der Waals surface area contributed by atoms with E-state index in [0.29, 0.717) is 0 Å². The number of nitrogens with zero attached hydrogens (tertiary/aromatic N) is 3. The van der Waals surface area contributed by atoms with E-state index >= 15 is 0 Å². The van der Waals surface area contributed by atoms with Gasteiger partial charge in [0.1, 0.15) is 5.01 Å². The van der Waals surface area contributed by atoms with E-state index in [4.69, 9.17) is 9.97 Å². The highest BCUT2D eigenvalue weighted by atomic mass is 32.1. The molecule has 0 N–H and O–H groups in total. The molecule has 0 aliphatic carbocycles. The third-order valence-electron chi connectivity index (χ3n) is 8.20. The van der Waals surface area contributed by atoms with Gasteiger partial charge in [0.25, 0.3) is 0 Å². The first-order chi connectivity index (χ1) is 21.8. The minimum atomic E-state index is 0.957. The van der Waals surface area contributed by atoms with Crippen molar-refractivity contribution in [1.82, 2.24) is 14.5 Å². The van der Waals surface area contributed by atoms with Crippen LogP contribution in [0.25, 0.3) is 81.8 Å². The van der Waals surface area contributed by atoms with Gasteiger partial charge in [-0.3, -0.25) is 4.98 Å². The molecule has 208 valence electrons. The Labute approximate surface area is 266 Å². The standard InChI is InChI=1S/C38H23N3S3/c1-3-7-34-30(5-1)31-13-10-25(38-40-33-6-2-4-8-37(33)44-38)20-36(31)41(34)35-19-24(9-12-29(35)28-16-18-43-23-28)32-14-11-26(21-39-32)27-15-17-42-22-27/h1-23H. The normalized spacial score (nSPS) is 11.6. The van der Waals surface area contributed by atoms with Gasteiger partial charge in [0, 0.05) is 39.2 Å². The van der Waals surface area contributed by atoms with Crippen molar-refractivity contribution in [2.45, 2.75) is 0 Å². The summed E-state index contributed by atoms with van der Waals surface area (Å²) in [5, 5.41) is 12.1. The molecule has 6 heteroatoms. The van der Waals surface area contributed by atoms with E-state index in [0.717, 1.165) is 44.1 Å². The number of aromatic nitrogens is 3. The van der Waals surface area contributed by atoms with Crippen LogP contribution in [0.3, 0.4) is 0 Å². The third kappa shape index (κ3) is 4.22. The highest BCUT2D eigenvalue weighted by Gasteiger charge is 2.18. The van der Waals surface area contributed by atoms with E-state index in [2.05, 4.69) is 135 Å². The van der Waals surface area contributed by atoms with Gasteiger partial charge in [-0.25, -0.2) is 4.98 Å². The first-order valence-electron chi connectivity index (χ1n) is 14.4. The molecule has 0 saturated carbocycles. The fourth-order valence-electron chi connectivity index (χ4n) is 6.06. The van der Waals surface area contributed by atoms with Gasteiger partial charge in [-0.05, 0) is 81.2 Å². The van der Waals surface area contributed by atoms with Crippen LogP contribution in [-0.2, 0) is 0 Å². The average Bonchev–Trinajstić information content (AvgIpc) is 3.90. The molecule has 0 fully saturated rings. The lowest BCUT2D eigenvalue weighted by Crippen LogP contribution is -1.98. The minimum Gasteiger partial charge on any atom is -0.309 e. The zero-order chi connectivity index (χ0) is 29.0. The maximum absolute atomic E-state index is 4.99. The molecule has 0 bridgehead atoms. The summed E-state index contributed by atoms with van der Waals surface area (Å²) >= 11 is 5.17. The molecule has 3 nitrogen and oxygen atoms in total. The van der Waals surface area contributed by atoms with Crippen molar-refractivity contribution in [1.29, 1.82) is 0 Å². The Balaban J connectivity index is 1.28. The summed E-state index contributed by atoms with van der Waals surface area (Å²) in [6.07, 6.45) is 1.98. The first-order valence-corrected chi connectivity index (χ1v) is 17.1. The fraction of sp³-hybridized carbons (Fsp3) is 0. The number of hydrogen-bond acceptors (Lipinski definition) is 5. The van der Waals surface area contributed by atoms with Crippen molar-refractivity contribution >= 4 is 66.0 Å². The molecule has 0 aliphatic rings. The predicted octanol–water partition coefficient (Wildman–Crippen LogP) is 11.6. The molecule has 0 spiro atoms. The lowest BCUT2D eigenvalue weighted by molar-refractivity contribution is 1.18. The van der Waals surface area contributed by atoms with Gasteiger partial charge >= 0.3 is 0 Å². The number of rotatable bonds is 5. The second-order valence-corrected chi connectivity index (χ2v) is 13.4. The zero-order valence-electron chi connectivity index (χ0n) is 23.3. The molecule has 5 aromatic heterocycles. The minimum absolute atomic E-state index is 0.957. The van der Waals surface area contributed by atoms with Crippen LogP contribution in [0, 0.1) is 0 Å². The molecule has 5 heterocycles. The molecule has 0 atom stereocenters. The van der Waals surface area contributed by atoms with Gasteiger partial charge in [-0.1, -0.05) is 60.7 Å². The number of fused-ring (bicyclic) bond motifs is 4. The smallest absolute Gasteiger partial charge is 0.124 e. The van der Waals surface area contributed by atoms with Gasteiger partial charge in [0.2, 0.25) is 0 Å². The summed E-state index contributed by atoms with van der Waals surface area (Å²) in [4.78, 5) is 9.90. The largest absolute Gasteiger partial charge is 0.309 e. The SMILES string of the molecule is c1ccc2sc(-c3ccc4c5ccccc5n(-c5cc(-c6ccc(-c7ccsc7)cn6)ccc5-c5ccsc5)c4c3)nc2c1. The van der Waals surface area contributed by atoms with Crippen molar-refractivity contribution in [3.05, 3.63) is 137 Å². The average molecular weight is 618 g/mol. The highest BCUT2D eigenvalue weighted by Crippen LogP contribution is 2.40.